The summed E-state index contributed by atoms with van der Waals surface area (Å²) in [6.07, 6.45) is -0.361. The Labute approximate surface area is 68.5 Å². The summed E-state index contributed by atoms with van der Waals surface area (Å²) in [7, 11) is 0. The normalized spacial score (nSPS) is 5.18. The Morgan fingerprint density at radius 1 is 1.18 bits per heavy atom. The third-order valence-electron chi connectivity index (χ3n) is 0.400. The van der Waals surface area contributed by atoms with E-state index in [9.17, 15) is 9.59 Å². The van der Waals surface area contributed by atoms with Gasteiger partial charge in [-0.05, 0) is 6.92 Å². The highest BCUT2D eigenvalue weighted by molar-refractivity contribution is 5.93. The first-order valence-electron chi connectivity index (χ1n) is 1.84. The number of Topliss-reactive ketones (excluding diaryl/α,β-unsaturated/α-hetero) is 1. The molecule has 0 aromatic carbocycles. The topological polar surface area (TPSA) is 85.9 Å². The van der Waals surface area contributed by atoms with Gasteiger partial charge in [0.05, 0.1) is 0 Å². The molecule has 0 fully saturated rings. The van der Waals surface area contributed by atoms with Gasteiger partial charge in [-0.2, -0.15) is 0 Å². The van der Waals surface area contributed by atoms with Gasteiger partial charge in [0.15, 0.2) is 0 Å². The molecule has 0 bridgehead atoms. The van der Waals surface area contributed by atoms with Crippen molar-refractivity contribution >= 4 is 11.8 Å². The number of aliphatic carboxylic acids is 1. The molecule has 72 valence electrons. The second-order valence-electron chi connectivity index (χ2n) is 1.27. The van der Waals surface area contributed by atoms with E-state index in [0.717, 1.165) is 0 Å². The van der Waals surface area contributed by atoms with Crippen LogP contribution >= 0.6 is 0 Å². The van der Waals surface area contributed by atoms with Crippen LogP contribution in [0.4, 0.5) is 0 Å². The zero-order chi connectivity index (χ0) is 5.86. The van der Waals surface area contributed by atoms with Crippen molar-refractivity contribution in [1.82, 2.24) is 0 Å². The second kappa shape index (κ2) is 16.0. The minimum Gasteiger partial charge on any atom is -0.481 e. The van der Waals surface area contributed by atoms with Gasteiger partial charge < -0.3 is 10.6 Å². The zero-order valence-electron chi connectivity index (χ0n) is 4.47. The van der Waals surface area contributed by atoms with Crippen LogP contribution in [0.5, 0.6) is 0 Å². The molecule has 0 saturated heterocycles. The predicted molar refractivity (Wildman–Crippen MR) is 46.7 cm³/mol. The summed E-state index contributed by atoms with van der Waals surface area (Å²) < 4.78 is 0. The lowest BCUT2D eigenvalue weighted by Crippen LogP contribution is -2.00. The van der Waals surface area contributed by atoms with Crippen molar-refractivity contribution < 1.29 is 20.2 Å². The Morgan fingerprint density at radius 3 is 1.45 bits per heavy atom. The van der Waals surface area contributed by atoms with Gasteiger partial charge in [-0.25, -0.2) is 0 Å². The molecule has 0 unspecified atom stereocenters. The Hall–Kier alpha value is -0.900. The average Bonchev–Trinajstić information content (AvgIpc) is 1.27. The van der Waals surface area contributed by atoms with E-state index in [1.54, 1.807) is 0 Å². The van der Waals surface area contributed by atoms with Crippen molar-refractivity contribution in [2.75, 3.05) is 0 Å². The van der Waals surface area contributed by atoms with Crippen molar-refractivity contribution in [2.24, 2.45) is 0 Å². The van der Waals surface area contributed by atoms with Gasteiger partial charge in [-0.1, -0.05) is 22.3 Å². The summed E-state index contributed by atoms with van der Waals surface area (Å²) in [5.41, 5.74) is 0. The Balaban J connectivity index is -0.0000000300. The molecule has 0 amide bonds. The molecular formula is C7H20O4. The number of carbonyl (C=O) groups excluding carboxylic acids is 1. The van der Waals surface area contributed by atoms with E-state index in [4.69, 9.17) is 5.11 Å². The molecule has 0 aliphatic heterocycles. The molecule has 3 N–H and O–H groups in total. The summed E-state index contributed by atoms with van der Waals surface area (Å²) in [6.45, 7) is 1.24. The Kier molecular flexibility index (Phi) is 46.9. The summed E-state index contributed by atoms with van der Waals surface area (Å²) in [4.78, 5) is 19.5. The molecule has 4 heteroatoms. The number of carboxylic acids is 1. The number of hydrogen-bond donors (Lipinski definition) is 1. The highest BCUT2D eigenvalue weighted by Crippen LogP contribution is 1.77. The standard InChI is InChI=1S/C4H6O3.3CH4.H2O/c1-3(5)2-4(6)7;;;;/h2H2,1H3,(H,6,7);3*1H4;1H2. The monoisotopic (exact) mass is 168 g/mol. The first-order valence-corrected chi connectivity index (χ1v) is 1.84. The van der Waals surface area contributed by atoms with Gasteiger partial charge >= 0.3 is 5.97 Å². The molecule has 0 radical (unpaired) electrons. The molecule has 0 saturated carbocycles. The van der Waals surface area contributed by atoms with Crippen LogP contribution in [0, 0.1) is 0 Å². The lowest BCUT2D eigenvalue weighted by Gasteiger charge is -1.80. The quantitative estimate of drug-likeness (QED) is 0.627. The Morgan fingerprint density at radius 2 is 1.45 bits per heavy atom. The van der Waals surface area contributed by atoms with Crippen LogP contribution in [0.15, 0.2) is 0 Å². The van der Waals surface area contributed by atoms with Crippen LogP contribution in [0.25, 0.3) is 0 Å². The molecule has 0 heterocycles. The van der Waals surface area contributed by atoms with Crippen LogP contribution < -0.4 is 0 Å². The number of rotatable bonds is 2. The van der Waals surface area contributed by atoms with E-state index < -0.39 is 5.97 Å². The predicted octanol–water partition coefficient (Wildman–Crippen LogP) is 1.13. The molecule has 0 aromatic heterocycles. The van der Waals surface area contributed by atoms with Crippen LogP contribution in [0.1, 0.15) is 35.6 Å². The maximum Gasteiger partial charge on any atom is 0.310 e. The fraction of sp³-hybridized carbons (Fsp3) is 0.714. The van der Waals surface area contributed by atoms with Crippen LogP contribution in [0.3, 0.4) is 0 Å². The van der Waals surface area contributed by atoms with E-state index in [2.05, 4.69) is 0 Å². The molecule has 0 spiro atoms. The van der Waals surface area contributed by atoms with Gasteiger partial charge in [0.2, 0.25) is 0 Å². The zero-order valence-corrected chi connectivity index (χ0v) is 4.47. The Bertz CT molecular complexity index is 86.6. The molecule has 0 aliphatic carbocycles. The summed E-state index contributed by atoms with van der Waals surface area (Å²) in [5.74, 6) is -1.37. The molecular weight excluding hydrogens is 148 g/mol. The fourth-order valence-corrected chi connectivity index (χ4v) is 0.213. The van der Waals surface area contributed by atoms with E-state index >= 15 is 0 Å². The van der Waals surface area contributed by atoms with Crippen LogP contribution in [-0.4, -0.2) is 22.3 Å². The molecule has 4 nitrogen and oxygen atoms in total. The minimum absolute atomic E-state index is 0. The van der Waals surface area contributed by atoms with E-state index in [0.29, 0.717) is 0 Å². The summed E-state index contributed by atoms with van der Waals surface area (Å²) >= 11 is 0. The molecule has 0 aromatic rings. The summed E-state index contributed by atoms with van der Waals surface area (Å²) in [6, 6.07) is 0. The second-order valence-corrected chi connectivity index (χ2v) is 1.27. The minimum atomic E-state index is -1.06. The first kappa shape index (κ1) is 32.2. The van der Waals surface area contributed by atoms with Crippen molar-refractivity contribution in [3.8, 4) is 0 Å². The van der Waals surface area contributed by atoms with Crippen molar-refractivity contribution in [3.05, 3.63) is 0 Å². The summed E-state index contributed by atoms with van der Waals surface area (Å²) in [5, 5.41) is 7.86. The van der Waals surface area contributed by atoms with E-state index in [-0.39, 0.29) is 40.0 Å². The third-order valence-corrected chi connectivity index (χ3v) is 0.400. The van der Waals surface area contributed by atoms with Crippen LogP contribution in [-0.2, 0) is 9.59 Å². The lowest BCUT2D eigenvalue weighted by molar-refractivity contribution is -0.139. The number of carbonyl (C=O) groups is 2. The SMILES string of the molecule is C.C.C.CC(=O)CC(=O)O.O. The fourth-order valence-electron chi connectivity index (χ4n) is 0.213. The van der Waals surface area contributed by atoms with Gasteiger partial charge in [0.1, 0.15) is 12.2 Å². The molecule has 0 atom stereocenters. The van der Waals surface area contributed by atoms with Gasteiger partial charge in [-0.15, -0.1) is 0 Å². The van der Waals surface area contributed by atoms with Crippen molar-refractivity contribution in [3.63, 3.8) is 0 Å². The highest BCUT2D eigenvalue weighted by atomic mass is 16.4. The average molecular weight is 168 g/mol. The van der Waals surface area contributed by atoms with E-state index in [1.807, 2.05) is 0 Å². The molecule has 0 aliphatic rings. The number of ketones is 1. The van der Waals surface area contributed by atoms with Gasteiger partial charge in [0.25, 0.3) is 0 Å². The number of carboxylic acid groups (broad SMARTS) is 1. The largest absolute Gasteiger partial charge is 0.481 e. The van der Waals surface area contributed by atoms with E-state index in [1.165, 1.54) is 6.92 Å². The highest BCUT2D eigenvalue weighted by Gasteiger charge is 1.98. The maximum absolute atomic E-state index is 9.87. The lowest BCUT2D eigenvalue weighted by atomic mass is 10.3. The maximum atomic E-state index is 9.87. The third kappa shape index (κ3) is 47.7. The molecule has 0 rings (SSSR count). The first-order chi connectivity index (χ1) is 3.13. The van der Waals surface area contributed by atoms with Crippen LogP contribution in [0.2, 0.25) is 0 Å². The van der Waals surface area contributed by atoms with Crippen molar-refractivity contribution in [2.45, 2.75) is 35.6 Å². The van der Waals surface area contributed by atoms with Gasteiger partial charge in [-0.3, -0.25) is 9.59 Å². The number of hydrogen-bond acceptors (Lipinski definition) is 2. The van der Waals surface area contributed by atoms with Crippen molar-refractivity contribution in [1.29, 1.82) is 0 Å². The smallest absolute Gasteiger partial charge is 0.310 e. The van der Waals surface area contributed by atoms with Gasteiger partial charge in [0, 0.05) is 0 Å². The molecule has 11 heavy (non-hydrogen) atoms.